The number of nitrogens with two attached hydrogens (primary N) is 1. The molecule has 1 saturated heterocycles. The highest BCUT2D eigenvalue weighted by molar-refractivity contribution is 5.93. The molecule has 2 rings (SSSR count). The van der Waals surface area contributed by atoms with Gasteiger partial charge in [0.1, 0.15) is 0 Å². The van der Waals surface area contributed by atoms with Crippen molar-refractivity contribution in [2.45, 2.75) is 18.9 Å². The Morgan fingerprint density at radius 3 is 2.82 bits per heavy atom. The molecule has 90 valence electrons. The first-order valence-corrected chi connectivity index (χ1v) is 5.62. The minimum Gasteiger partial charge on any atom is -0.372 e. The molecule has 0 bridgehead atoms. The highest BCUT2D eigenvalue weighted by Gasteiger charge is 2.14. The van der Waals surface area contributed by atoms with E-state index in [2.05, 4.69) is 5.10 Å². The Morgan fingerprint density at radius 1 is 1.47 bits per heavy atom. The quantitative estimate of drug-likeness (QED) is 0.471. The van der Waals surface area contributed by atoms with Crippen LogP contribution in [0.1, 0.15) is 12.8 Å². The highest BCUT2D eigenvalue weighted by Crippen LogP contribution is 2.14. The second-order valence-electron chi connectivity index (χ2n) is 3.85. The van der Waals surface area contributed by atoms with E-state index in [4.69, 9.17) is 15.9 Å². The van der Waals surface area contributed by atoms with Crippen LogP contribution in [0, 0.1) is 5.41 Å². The molecule has 0 saturated carbocycles. The van der Waals surface area contributed by atoms with Crippen LogP contribution in [0.25, 0.3) is 0 Å². The normalized spacial score (nSPS) is 19.6. The van der Waals surface area contributed by atoms with Gasteiger partial charge in [0.05, 0.1) is 18.0 Å². The SMILES string of the molecule is N=C(N)N(N=CC1CCCO1)c1ccccc1. The Kier molecular flexibility index (Phi) is 3.72. The Hall–Kier alpha value is -1.88. The maximum Gasteiger partial charge on any atom is 0.214 e. The van der Waals surface area contributed by atoms with Crippen LogP contribution >= 0.6 is 0 Å². The van der Waals surface area contributed by atoms with Gasteiger partial charge >= 0.3 is 0 Å². The molecule has 0 aromatic heterocycles. The number of hydrogen-bond donors (Lipinski definition) is 2. The van der Waals surface area contributed by atoms with E-state index in [0.717, 1.165) is 25.1 Å². The Labute approximate surface area is 100 Å². The van der Waals surface area contributed by atoms with Crippen molar-refractivity contribution in [3.05, 3.63) is 30.3 Å². The van der Waals surface area contributed by atoms with E-state index < -0.39 is 0 Å². The zero-order valence-corrected chi connectivity index (χ0v) is 9.54. The van der Waals surface area contributed by atoms with Crippen LogP contribution in [0.5, 0.6) is 0 Å². The van der Waals surface area contributed by atoms with Gasteiger partial charge in [-0.3, -0.25) is 5.41 Å². The predicted octanol–water partition coefficient (Wildman–Crippen LogP) is 1.55. The van der Waals surface area contributed by atoms with Crippen molar-refractivity contribution in [1.82, 2.24) is 0 Å². The molecule has 5 heteroatoms. The number of para-hydroxylation sites is 1. The van der Waals surface area contributed by atoms with Crippen molar-refractivity contribution in [3.63, 3.8) is 0 Å². The first-order chi connectivity index (χ1) is 8.27. The number of rotatable bonds is 3. The van der Waals surface area contributed by atoms with E-state index in [0.29, 0.717) is 0 Å². The Balaban J connectivity index is 2.10. The molecule has 0 radical (unpaired) electrons. The Bertz CT molecular complexity index is 398. The van der Waals surface area contributed by atoms with Crippen LogP contribution in [0.4, 0.5) is 5.69 Å². The fraction of sp³-hybridized carbons (Fsp3) is 0.333. The van der Waals surface area contributed by atoms with Gasteiger partial charge in [0.15, 0.2) is 0 Å². The van der Waals surface area contributed by atoms with Gasteiger partial charge < -0.3 is 10.5 Å². The smallest absolute Gasteiger partial charge is 0.214 e. The third-order valence-corrected chi connectivity index (χ3v) is 2.54. The minimum atomic E-state index is -0.106. The summed E-state index contributed by atoms with van der Waals surface area (Å²) in [5.74, 6) is -0.106. The monoisotopic (exact) mass is 232 g/mol. The lowest BCUT2D eigenvalue weighted by molar-refractivity contribution is 0.161. The zero-order valence-electron chi connectivity index (χ0n) is 9.54. The third-order valence-electron chi connectivity index (χ3n) is 2.54. The molecule has 1 fully saturated rings. The number of anilines is 1. The van der Waals surface area contributed by atoms with E-state index in [1.807, 2.05) is 30.3 Å². The summed E-state index contributed by atoms with van der Waals surface area (Å²) in [4.78, 5) is 0. The van der Waals surface area contributed by atoms with E-state index in [1.165, 1.54) is 5.01 Å². The summed E-state index contributed by atoms with van der Waals surface area (Å²) >= 11 is 0. The molecule has 5 nitrogen and oxygen atoms in total. The summed E-state index contributed by atoms with van der Waals surface area (Å²) in [7, 11) is 0. The fourth-order valence-electron chi connectivity index (χ4n) is 1.70. The molecule has 0 amide bonds. The first-order valence-electron chi connectivity index (χ1n) is 5.62. The number of guanidine groups is 1. The van der Waals surface area contributed by atoms with Gasteiger partial charge in [-0.05, 0) is 25.0 Å². The summed E-state index contributed by atoms with van der Waals surface area (Å²) in [6.45, 7) is 0.780. The molecule has 17 heavy (non-hydrogen) atoms. The van der Waals surface area contributed by atoms with Gasteiger partial charge in [-0.15, -0.1) is 0 Å². The molecule has 1 heterocycles. The molecule has 1 unspecified atom stereocenters. The van der Waals surface area contributed by atoms with Gasteiger partial charge in [0.2, 0.25) is 5.96 Å². The molecule has 1 aliphatic heterocycles. The largest absolute Gasteiger partial charge is 0.372 e. The van der Waals surface area contributed by atoms with E-state index in [-0.39, 0.29) is 12.1 Å². The number of benzene rings is 1. The van der Waals surface area contributed by atoms with Crippen molar-refractivity contribution >= 4 is 17.9 Å². The topological polar surface area (TPSA) is 74.7 Å². The zero-order chi connectivity index (χ0) is 12.1. The van der Waals surface area contributed by atoms with Gasteiger partial charge in [0, 0.05) is 6.61 Å². The second-order valence-corrected chi connectivity index (χ2v) is 3.85. The van der Waals surface area contributed by atoms with Crippen molar-refractivity contribution in [2.75, 3.05) is 11.6 Å². The number of nitrogens with one attached hydrogen (secondary N) is 1. The van der Waals surface area contributed by atoms with Crippen LogP contribution in [0.15, 0.2) is 35.4 Å². The molecule has 1 aromatic carbocycles. The van der Waals surface area contributed by atoms with Crippen LogP contribution in [0.3, 0.4) is 0 Å². The molecule has 1 aliphatic rings. The Morgan fingerprint density at radius 2 is 2.24 bits per heavy atom. The standard InChI is InChI=1S/C12H16N4O/c13-12(14)16(10-5-2-1-3-6-10)15-9-11-7-4-8-17-11/h1-3,5-6,9,11H,4,7-8H2,(H3,13,14). The number of nitrogens with zero attached hydrogens (tertiary/aromatic N) is 2. The minimum absolute atomic E-state index is 0.0422. The molecular formula is C12H16N4O. The van der Waals surface area contributed by atoms with Gasteiger partial charge in [0.25, 0.3) is 0 Å². The van der Waals surface area contributed by atoms with Gasteiger partial charge in [-0.1, -0.05) is 18.2 Å². The molecular weight excluding hydrogens is 216 g/mol. The predicted molar refractivity (Wildman–Crippen MR) is 68.3 cm³/mol. The van der Waals surface area contributed by atoms with Crippen molar-refractivity contribution in [3.8, 4) is 0 Å². The lowest BCUT2D eigenvalue weighted by Gasteiger charge is -2.16. The van der Waals surface area contributed by atoms with Gasteiger partial charge in [-0.25, -0.2) is 5.01 Å². The molecule has 0 spiro atoms. The van der Waals surface area contributed by atoms with Crippen LogP contribution in [-0.2, 0) is 4.74 Å². The third kappa shape index (κ3) is 3.04. The maximum absolute atomic E-state index is 7.51. The van der Waals surface area contributed by atoms with Crippen LogP contribution in [-0.4, -0.2) is 24.9 Å². The summed E-state index contributed by atoms with van der Waals surface area (Å²) in [6.07, 6.45) is 3.79. The maximum atomic E-state index is 7.51. The highest BCUT2D eigenvalue weighted by atomic mass is 16.5. The number of ether oxygens (including phenoxy) is 1. The van der Waals surface area contributed by atoms with E-state index >= 15 is 0 Å². The average molecular weight is 232 g/mol. The molecule has 1 atom stereocenters. The summed E-state index contributed by atoms with van der Waals surface area (Å²) in [5, 5.41) is 13.1. The molecule has 3 N–H and O–H groups in total. The summed E-state index contributed by atoms with van der Waals surface area (Å²) in [6, 6.07) is 9.38. The molecule has 1 aromatic rings. The van der Waals surface area contributed by atoms with Crippen molar-refractivity contribution in [1.29, 1.82) is 5.41 Å². The van der Waals surface area contributed by atoms with Crippen molar-refractivity contribution in [2.24, 2.45) is 10.8 Å². The number of hydrogen-bond acceptors (Lipinski definition) is 3. The molecule has 0 aliphatic carbocycles. The van der Waals surface area contributed by atoms with Crippen molar-refractivity contribution < 1.29 is 4.74 Å². The van der Waals surface area contributed by atoms with Gasteiger partial charge in [-0.2, -0.15) is 5.10 Å². The van der Waals surface area contributed by atoms with Crippen LogP contribution < -0.4 is 10.7 Å². The average Bonchev–Trinajstić information content (AvgIpc) is 2.83. The summed E-state index contributed by atoms with van der Waals surface area (Å²) in [5.41, 5.74) is 6.28. The second kappa shape index (κ2) is 5.45. The number of hydrazone groups is 1. The van der Waals surface area contributed by atoms with E-state index in [9.17, 15) is 0 Å². The lowest BCUT2D eigenvalue weighted by atomic mass is 10.3. The summed E-state index contributed by atoms with van der Waals surface area (Å²) < 4.78 is 5.43. The lowest BCUT2D eigenvalue weighted by Crippen LogP contribution is -2.32. The first kappa shape index (κ1) is 11.6. The van der Waals surface area contributed by atoms with Crippen LogP contribution in [0.2, 0.25) is 0 Å². The fourth-order valence-corrected chi connectivity index (χ4v) is 1.70. The van der Waals surface area contributed by atoms with E-state index in [1.54, 1.807) is 6.21 Å².